The van der Waals surface area contributed by atoms with Crippen molar-refractivity contribution in [3.63, 3.8) is 0 Å². The summed E-state index contributed by atoms with van der Waals surface area (Å²) in [6, 6.07) is 1.81. The molecule has 0 aliphatic heterocycles. The van der Waals surface area contributed by atoms with Gasteiger partial charge in [0.2, 0.25) is 10.0 Å². The van der Waals surface area contributed by atoms with Gasteiger partial charge in [-0.25, -0.2) is 13.1 Å². The largest absolute Gasteiger partial charge is 0.496 e. The van der Waals surface area contributed by atoms with E-state index in [1.54, 1.807) is 13.2 Å². The summed E-state index contributed by atoms with van der Waals surface area (Å²) in [7, 11) is -1.80. The van der Waals surface area contributed by atoms with Crippen LogP contribution >= 0.6 is 0 Å². The van der Waals surface area contributed by atoms with E-state index in [1.165, 1.54) is 0 Å². The van der Waals surface area contributed by atoms with Gasteiger partial charge in [0.1, 0.15) is 5.75 Å². The molecule has 1 N–H and O–H groups in total. The van der Waals surface area contributed by atoms with Gasteiger partial charge in [0.25, 0.3) is 0 Å². The fraction of sp³-hybridized carbons (Fsp3) is 0.538. The first-order valence-electron chi connectivity index (χ1n) is 6.04. The van der Waals surface area contributed by atoms with Gasteiger partial charge in [0.05, 0.1) is 12.0 Å². The first-order valence-corrected chi connectivity index (χ1v) is 7.52. The number of nitrogens with one attached hydrogen (secondary N) is 1. The van der Waals surface area contributed by atoms with Crippen molar-refractivity contribution in [2.45, 2.75) is 44.6 Å². The zero-order valence-corrected chi connectivity index (χ0v) is 12.0. The van der Waals surface area contributed by atoms with E-state index in [0.717, 1.165) is 35.3 Å². The molecular formula is C13H19NO3S. The minimum absolute atomic E-state index is 0.122. The molecule has 1 saturated carbocycles. The van der Waals surface area contributed by atoms with E-state index in [4.69, 9.17) is 4.74 Å². The molecule has 0 spiro atoms. The van der Waals surface area contributed by atoms with Gasteiger partial charge < -0.3 is 4.74 Å². The van der Waals surface area contributed by atoms with Crippen LogP contribution in [0.5, 0.6) is 5.75 Å². The molecule has 0 aromatic heterocycles. The Balaban J connectivity index is 2.51. The van der Waals surface area contributed by atoms with E-state index in [-0.39, 0.29) is 6.04 Å². The summed E-state index contributed by atoms with van der Waals surface area (Å²) >= 11 is 0. The van der Waals surface area contributed by atoms with E-state index < -0.39 is 10.0 Å². The van der Waals surface area contributed by atoms with Crippen molar-refractivity contribution in [1.82, 2.24) is 4.72 Å². The second-order valence-corrected chi connectivity index (χ2v) is 6.55. The van der Waals surface area contributed by atoms with E-state index in [1.807, 2.05) is 20.8 Å². The average molecular weight is 269 g/mol. The molecule has 0 radical (unpaired) electrons. The summed E-state index contributed by atoms with van der Waals surface area (Å²) in [5.41, 5.74) is 2.48. The molecule has 1 aliphatic rings. The van der Waals surface area contributed by atoms with E-state index in [0.29, 0.717) is 4.90 Å². The predicted molar refractivity (Wildman–Crippen MR) is 70.5 cm³/mol. The molecule has 1 aromatic rings. The van der Waals surface area contributed by atoms with Crippen molar-refractivity contribution in [2.75, 3.05) is 7.11 Å². The molecule has 0 unspecified atom stereocenters. The maximum Gasteiger partial charge on any atom is 0.241 e. The van der Waals surface area contributed by atoms with Crippen LogP contribution in [0.3, 0.4) is 0 Å². The number of aryl methyl sites for hydroxylation is 1. The third-order valence-corrected chi connectivity index (χ3v) is 5.02. The van der Waals surface area contributed by atoms with Gasteiger partial charge in [0, 0.05) is 6.04 Å². The predicted octanol–water partition coefficient (Wildman–Crippen LogP) is 2.06. The topological polar surface area (TPSA) is 55.4 Å². The van der Waals surface area contributed by atoms with Crippen molar-refractivity contribution in [1.29, 1.82) is 0 Å². The van der Waals surface area contributed by atoms with Crippen molar-refractivity contribution >= 4 is 10.0 Å². The Morgan fingerprint density at radius 3 is 2.33 bits per heavy atom. The molecular weight excluding hydrogens is 250 g/mol. The van der Waals surface area contributed by atoms with Crippen LogP contribution in [-0.2, 0) is 10.0 Å². The lowest BCUT2D eigenvalue weighted by Crippen LogP contribution is -2.26. The molecule has 5 heteroatoms. The maximum atomic E-state index is 12.3. The van der Waals surface area contributed by atoms with E-state index in [9.17, 15) is 8.42 Å². The smallest absolute Gasteiger partial charge is 0.241 e. The Bertz CT molecular complexity index is 574. The second kappa shape index (κ2) is 4.55. The molecule has 1 fully saturated rings. The summed E-state index contributed by atoms with van der Waals surface area (Å²) in [6.45, 7) is 5.57. The highest BCUT2D eigenvalue weighted by atomic mass is 32.2. The molecule has 0 heterocycles. The molecule has 0 saturated heterocycles. The average Bonchev–Trinajstić information content (AvgIpc) is 3.07. The Hall–Kier alpha value is -1.07. The number of methoxy groups -OCH3 is 1. The number of hydrogen-bond acceptors (Lipinski definition) is 3. The highest BCUT2D eigenvalue weighted by molar-refractivity contribution is 7.89. The van der Waals surface area contributed by atoms with Gasteiger partial charge in [0.15, 0.2) is 0 Å². The van der Waals surface area contributed by atoms with Crippen LogP contribution in [0.25, 0.3) is 0 Å². The Morgan fingerprint density at radius 2 is 1.83 bits per heavy atom. The Morgan fingerprint density at radius 1 is 1.22 bits per heavy atom. The fourth-order valence-electron chi connectivity index (χ4n) is 2.10. The molecule has 1 aromatic carbocycles. The molecule has 0 amide bonds. The van der Waals surface area contributed by atoms with Crippen molar-refractivity contribution in [3.8, 4) is 5.75 Å². The lowest BCUT2D eigenvalue weighted by atomic mass is 10.1. The third-order valence-electron chi connectivity index (χ3n) is 3.37. The van der Waals surface area contributed by atoms with Gasteiger partial charge in [-0.15, -0.1) is 0 Å². The van der Waals surface area contributed by atoms with Gasteiger partial charge >= 0.3 is 0 Å². The van der Waals surface area contributed by atoms with Crippen LogP contribution < -0.4 is 9.46 Å². The zero-order valence-electron chi connectivity index (χ0n) is 11.2. The van der Waals surface area contributed by atoms with Crippen LogP contribution in [-0.4, -0.2) is 21.6 Å². The van der Waals surface area contributed by atoms with Crippen LogP contribution in [0.1, 0.15) is 29.5 Å². The highest BCUT2D eigenvalue weighted by Crippen LogP contribution is 2.32. The summed E-state index contributed by atoms with van der Waals surface area (Å²) in [5.74, 6) is 0.762. The summed E-state index contributed by atoms with van der Waals surface area (Å²) in [5, 5.41) is 0. The minimum Gasteiger partial charge on any atom is -0.496 e. The molecule has 0 bridgehead atoms. The van der Waals surface area contributed by atoms with Crippen molar-refractivity contribution < 1.29 is 13.2 Å². The highest BCUT2D eigenvalue weighted by Gasteiger charge is 2.29. The molecule has 18 heavy (non-hydrogen) atoms. The quantitative estimate of drug-likeness (QED) is 0.910. The first-order chi connectivity index (χ1) is 8.36. The fourth-order valence-corrected chi connectivity index (χ4v) is 3.79. The van der Waals surface area contributed by atoms with Crippen molar-refractivity contribution in [2.24, 2.45) is 0 Å². The number of sulfonamides is 1. The van der Waals surface area contributed by atoms with Crippen molar-refractivity contribution in [3.05, 3.63) is 22.8 Å². The lowest BCUT2D eigenvalue weighted by molar-refractivity contribution is 0.407. The zero-order chi connectivity index (χ0) is 13.5. The molecule has 0 atom stereocenters. The lowest BCUT2D eigenvalue weighted by Gasteiger charge is -2.16. The maximum absolute atomic E-state index is 12.3. The van der Waals surface area contributed by atoms with Gasteiger partial charge in [-0.05, 0) is 56.4 Å². The Kier molecular flexibility index (Phi) is 3.38. The normalized spacial score (nSPS) is 15.8. The van der Waals surface area contributed by atoms with Crippen LogP contribution in [0.2, 0.25) is 0 Å². The van der Waals surface area contributed by atoms with Crippen LogP contribution in [0, 0.1) is 20.8 Å². The molecule has 1 aliphatic carbocycles. The standard InChI is InChI=1S/C13H19NO3S/c1-8-7-12(9(2)10(3)13(8)17-4)18(15,16)14-11-5-6-11/h7,11,14H,5-6H2,1-4H3. The molecule has 100 valence electrons. The van der Waals surface area contributed by atoms with Gasteiger partial charge in [-0.1, -0.05) is 0 Å². The Labute approximate surface area is 108 Å². The van der Waals surface area contributed by atoms with Gasteiger partial charge in [-0.3, -0.25) is 0 Å². The van der Waals surface area contributed by atoms with Gasteiger partial charge in [-0.2, -0.15) is 0 Å². The minimum atomic E-state index is -3.40. The van der Waals surface area contributed by atoms with E-state index in [2.05, 4.69) is 4.72 Å². The number of rotatable bonds is 4. The summed E-state index contributed by atoms with van der Waals surface area (Å²) in [6.07, 6.45) is 1.87. The van der Waals surface area contributed by atoms with Crippen LogP contribution in [0.15, 0.2) is 11.0 Å². The number of hydrogen-bond donors (Lipinski definition) is 1. The first kappa shape index (κ1) is 13.4. The van der Waals surface area contributed by atoms with E-state index >= 15 is 0 Å². The SMILES string of the molecule is COc1c(C)cc(S(=O)(=O)NC2CC2)c(C)c1C. The molecule has 4 nitrogen and oxygen atoms in total. The third kappa shape index (κ3) is 2.37. The second-order valence-electron chi connectivity index (χ2n) is 4.87. The monoisotopic (exact) mass is 269 g/mol. The van der Waals surface area contributed by atoms with Crippen LogP contribution in [0.4, 0.5) is 0 Å². The summed E-state index contributed by atoms with van der Waals surface area (Å²) < 4.78 is 32.5. The number of benzene rings is 1. The summed E-state index contributed by atoms with van der Waals surface area (Å²) in [4.78, 5) is 0.366. The molecule has 2 rings (SSSR count). The number of ether oxygens (including phenoxy) is 1.